The number of β-amino-alcohol motifs (C(OH)–C–C–N with tert-alkyl or cyclic N) is 1. The summed E-state index contributed by atoms with van der Waals surface area (Å²) in [5.74, 6) is -0.356. The van der Waals surface area contributed by atoms with E-state index < -0.39 is 14.2 Å². The third-order valence-corrected chi connectivity index (χ3v) is 5.88. The van der Waals surface area contributed by atoms with Crippen molar-refractivity contribution in [3.8, 4) is 0 Å². The van der Waals surface area contributed by atoms with Gasteiger partial charge in [-0.05, 0) is 38.4 Å². The molecule has 0 aliphatic carbocycles. The number of ether oxygens (including phenoxy) is 1. The van der Waals surface area contributed by atoms with Gasteiger partial charge in [0.25, 0.3) is 0 Å². The molecule has 7 heteroatoms. The summed E-state index contributed by atoms with van der Waals surface area (Å²) in [4.78, 5) is 0. The Hall–Kier alpha value is -1.28. The van der Waals surface area contributed by atoms with Crippen molar-refractivity contribution in [1.29, 1.82) is 0 Å². The van der Waals surface area contributed by atoms with Crippen LogP contribution in [0.3, 0.4) is 0 Å². The van der Waals surface area contributed by atoms with Crippen molar-refractivity contribution in [2.24, 2.45) is 0 Å². The number of rotatable bonds is 8. The zero-order chi connectivity index (χ0) is 19.5. The van der Waals surface area contributed by atoms with Crippen LogP contribution >= 0.6 is 0 Å². The molecule has 1 heterocycles. The van der Waals surface area contributed by atoms with Crippen LogP contribution in [-0.4, -0.2) is 41.7 Å². The van der Waals surface area contributed by atoms with Gasteiger partial charge in [-0.25, -0.2) is 9.07 Å². The number of halogens is 1. The van der Waals surface area contributed by atoms with E-state index in [1.807, 2.05) is 20.8 Å². The lowest BCUT2D eigenvalue weighted by molar-refractivity contribution is 0.0813. The van der Waals surface area contributed by atoms with Crippen molar-refractivity contribution in [3.05, 3.63) is 29.7 Å². The number of benzene rings is 1. The summed E-state index contributed by atoms with van der Waals surface area (Å²) in [7, 11) is -1.16. The van der Waals surface area contributed by atoms with Gasteiger partial charge in [0.05, 0.1) is 12.3 Å². The van der Waals surface area contributed by atoms with Gasteiger partial charge in [-0.15, -0.1) is 0 Å². The maximum atomic E-state index is 14.4. The molecule has 0 saturated carbocycles. The van der Waals surface area contributed by atoms with Crippen LogP contribution in [0, 0.1) is 5.82 Å². The number of aromatic nitrogens is 2. The van der Waals surface area contributed by atoms with Crippen LogP contribution in [0.4, 0.5) is 4.39 Å². The molecule has 2 aromatic rings. The van der Waals surface area contributed by atoms with E-state index in [-0.39, 0.29) is 18.1 Å². The van der Waals surface area contributed by atoms with E-state index in [0.29, 0.717) is 29.6 Å². The Labute approximate surface area is 156 Å². The second-order valence-electron chi connectivity index (χ2n) is 9.04. The normalized spacial score (nSPS) is 14.2. The third-order valence-electron chi connectivity index (χ3n) is 4.18. The van der Waals surface area contributed by atoms with Gasteiger partial charge < -0.3 is 15.2 Å². The molecule has 1 aromatic carbocycles. The number of nitrogens with one attached hydrogen (secondary N) is 1. The Balaban J connectivity index is 2.15. The van der Waals surface area contributed by atoms with Gasteiger partial charge in [0, 0.05) is 32.2 Å². The van der Waals surface area contributed by atoms with Crippen LogP contribution in [0.5, 0.6) is 0 Å². The molecule has 0 spiro atoms. The summed E-state index contributed by atoms with van der Waals surface area (Å²) in [6.07, 6.45) is 0.874. The van der Waals surface area contributed by atoms with Gasteiger partial charge in [0.2, 0.25) is 0 Å². The van der Waals surface area contributed by atoms with E-state index >= 15 is 0 Å². The molecular weight excluding hydrogens is 349 g/mol. The quantitative estimate of drug-likeness (QED) is 0.538. The SMILES string of the molecule is CC(C)(C)NCC(O)c1ccc(F)c2c1cnn2COCC[Si](C)(C)C. The molecule has 1 unspecified atom stereocenters. The molecule has 0 amide bonds. The first kappa shape index (κ1) is 21.0. The summed E-state index contributed by atoms with van der Waals surface area (Å²) in [6.45, 7) is 14.2. The molecule has 0 fully saturated rings. The van der Waals surface area contributed by atoms with E-state index in [9.17, 15) is 9.50 Å². The molecule has 0 radical (unpaired) electrons. The van der Waals surface area contributed by atoms with E-state index in [0.717, 1.165) is 6.04 Å². The number of hydrogen-bond donors (Lipinski definition) is 2. The van der Waals surface area contributed by atoms with E-state index in [2.05, 4.69) is 30.1 Å². The molecular formula is C19H32FN3O2Si. The molecule has 1 atom stereocenters. The molecule has 2 N–H and O–H groups in total. The highest BCUT2D eigenvalue weighted by Crippen LogP contribution is 2.27. The molecule has 0 aliphatic heterocycles. The van der Waals surface area contributed by atoms with Crippen molar-refractivity contribution < 1.29 is 14.2 Å². The molecule has 146 valence electrons. The Morgan fingerprint density at radius 2 is 2.00 bits per heavy atom. The summed E-state index contributed by atoms with van der Waals surface area (Å²) in [6, 6.07) is 4.07. The minimum atomic E-state index is -1.16. The minimum absolute atomic E-state index is 0.103. The molecule has 1 aromatic heterocycles. The van der Waals surface area contributed by atoms with Crippen molar-refractivity contribution in [2.45, 2.75) is 64.8 Å². The fourth-order valence-corrected chi connectivity index (χ4v) is 3.37. The highest BCUT2D eigenvalue weighted by Gasteiger charge is 2.19. The lowest BCUT2D eigenvalue weighted by Gasteiger charge is -2.23. The lowest BCUT2D eigenvalue weighted by atomic mass is 10.0. The fourth-order valence-electron chi connectivity index (χ4n) is 2.61. The Morgan fingerprint density at radius 3 is 2.62 bits per heavy atom. The molecule has 26 heavy (non-hydrogen) atoms. The highest BCUT2D eigenvalue weighted by molar-refractivity contribution is 6.76. The van der Waals surface area contributed by atoms with Gasteiger partial charge in [-0.1, -0.05) is 25.7 Å². The van der Waals surface area contributed by atoms with Crippen LogP contribution in [0.15, 0.2) is 18.3 Å². The van der Waals surface area contributed by atoms with Crippen LogP contribution in [0.1, 0.15) is 32.4 Å². The van der Waals surface area contributed by atoms with Gasteiger partial charge >= 0.3 is 0 Å². The van der Waals surface area contributed by atoms with Crippen molar-refractivity contribution in [3.63, 3.8) is 0 Å². The van der Waals surface area contributed by atoms with E-state index in [4.69, 9.17) is 4.74 Å². The second-order valence-corrected chi connectivity index (χ2v) is 14.7. The first-order valence-corrected chi connectivity index (χ1v) is 12.8. The predicted molar refractivity (Wildman–Crippen MR) is 107 cm³/mol. The van der Waals surface area contributed by atoms with Gasteiger partial charge in [0.15, 0.2) is 0 Å². The molecule has 5 nitrogen and oxygen atoms in total. The Bertz CT molecular complexity index is 735. The maximum absolute atomic E-state index is 14.4. The Morgan fingerprint density at radius 1 is 1.31 bits per heavy atom. The van der Waals surface area contributed by atoms with Gasteiger partial charge in [-0.2, -0.15) is 5.10 Å². The standard InChI is InChI=1S/C19H32FN3O2Si/c1-19(2,3)21-12-17(24)14-7-8-16(20)18-15(14)11-22-23(18)13-25-9-10-26(4,5)6/h7-8,11,17,21,24H,9-10,12-13H2,1-6H3. The van der Waals surface area contributed by atoms with Gasteiger partial charge in [-0.3, -0.25) is 0 Å². The number of aliphatic hydroxyl groups is 1. The number of nitrogens with zero attached hydrogens (tertiary/aromatic N) is 2. The van der Waals surface area contributed by atoms with Crippen LogP contribution in [-0.2, 0) is 11.5 Å². The van der Waals surface area contributed by atoms with Crippen molar-refractivity contribution >= 4 is 19.0 Å². The van der Waals surface area contributed by atoms with Gasteiger partial charge in [0.1, 0.15) is 18.1 Å². The summed E-state index contributed by atoms with van der Waals surface area (Å²) >= 11 is 0. The summed E-state index contributed by atoms with van der Waals surface area (Å²) < 4.78 is 21.6. The number of hydrogen-bond acceptors (Lipinski definition) is 4. The zero-order valence-corrected chi connectivity index (χ0v) is 17.8. The first-order valence-electron chi connectivity index (χ1n) is 9.13. The molecule has 0 aliphatic rings. The Kier molecular flexibility index (Phi) is 6.60. The fraction of sp³-hybridized carbons (Fsp3) is 0.632. The number of aliphatic hydroxyl groups excluding tert-OH is 1. The molecule has 2 rings (SSSR count). The van der Waals surface area contributed by atoms with Crippen molar-refractivity contribution in [2.75, 3.05) is 13.2 Å². The highest BCUT2D eigenvalue weighted by atomic mass is 28.3. The van der Waals surface area contributed by atoms with E-state index in [1.54, 1.807) is 12.3 Å². The maximum Gasteiger partial charge on any atom is 0.149 e. The van der Waals surface area contributed by atoms with Crippen molar-refractivity contribution in [1.82, 2.24) is 15.1 Å². The van der Waals surface area contributed by atoms with Crippen LogP contribution < -0.4 is 5.32 Å². The smallest absolute Gasteiger partial charge is 0.149 e. The monoisotopic (exact) mass is 381 g/mol. The number of fused-ring (bicyclic) bond motifs is 1. The zero-order valence-electron chi connectivity index (χ0n) is 16.8. The largest absolute Gasteiger partial charge is 0.387 e. The van der Waals surface area contributed by atoms with Crippen LogP contribution in [0.2, 0.25) is 25.7 Å². The summed E-state index contributed by atoms with van der Waals surface area (Å²) in [5, 5.41) is 18.7. The second kappa shape index (κ2) is 8.16. The average Bonchev–Trinajstić information content (AvgIpc) is 2.93. The first-order chi connectivity index (χ1) is 12.0. The third kappa shape index (κ3) is 5.87. The average molecular weight is 382 g/mol. The lowest BCUT2D eigenvalue weighted by Crippen LogP contribution is -2.38. The predicted octanol–water partition coefficient (Wildman–Crippen LogP) is 3.91. The topological polar surface area (TPSA) is 59.3 Å². The molecule has 0 saturated heterocycles. The molecule has 0 bridgehead atoms. The van der Waals surface area contributed by atoms with Crippen LogP contribution in [0.25, 0.3) is 10.9 Å². The van der Waals surface area contributed by atoms with E-state index in [1.165, 1.54) is 10.7 Å². The summed E-state index contributed by atoms with van der Waals surface area (Å²) in [5.41, 5.74) is 0.950. The minimum Gasteiger partial charge on any atom is -0.387 e.